The fraction of sp³-hybridized carbons (Fsp3) is 0.182. The molecular weight excluding hydrogens is 338 g/mol. The molecule has 5 nitrogen and oxygen atoms in total. The number of nitrogens with zero attached hydrogens (tertiary/aromatic N) is 1. The minimum absolute atomic E-state index is 0.122. The number of hydrogen-bond donors (Lipinski definition) is 2. The third kappa shape index (κ3) is 6.47. The number of nitrogens with one attached hydrogen (secondary N) is 2. The van der Waals surface area contributed by atoms with Gasteiger partial charge in [0.25, 0.3) is 0 Å². The monoisotopic (exact) mass is 361 g/mol. The van der Waals surface area contributed by atoms with E-state index in [1.54, 1.807) is 12.3 Å². The molecule has 1 aromatic heterocycles. The van der Waals surface area contributed by atoms with Crippen LogP contribution in [0.15, 0.2) is 79.0 Å². The molecule has 2 N–H and O–H groups in total. The quantitative estimate of drug-likeness (QED) is 0.601. The smallest absolute Gasteiger partial charge is 0.228 e. The number of carbonyl (C=O) groups is 1. The minimum Gasteiger partial charge on any atom is -0.493 e. The Kier molecular flexibility index (Phi) is 6.81. The van der Waals surface area contributed by atoms with Crippen LogP contribution in [0.1, 0.15) is 12.0 Å². The highest BCUT2D eigenvalue weighted by Gasteiger charge is 2.04. The van der Waals surface area contributed by atoms with E-state index in [4.69, 9.17) is 4.74 Å². The number of hydrogen-bond acceptors (Lipinski definition) is 4. The fourth-order valence-corrected chi connectivity index (χ4v) is 2.55. The van der Waals surface area contributed by atoms with Crippen molar-refractivity contribution in [3.63, 3.8) is 0 Å². The largest absolute Gasteiger partial charge is 0.493 e. The Hall–Kier alpha value is -3.34. The molecule has 0 radical (unpaired) electrons. The lowest BCUT2D eigenvalue weighted by atomic mass is 10.1. The maximum absolute atomic E-state index is 12.0. The molecule has 138 valence electrons. The Morgan fingerprint density at radius 2 is 1.67 bits per heavy atom. The SMILES string of the molecule is O=C(CCOc1ccccc1)Nc1ccc(NCCc2ccccc2)cn1. The average molecular weight is 361 g/mol. The molecule has 3 aromatic rings. The summed E-state index contributed by atoms with van der Waals surface area (Å²) in [6.45, 7) is 1.16. The number of benzene rings is 2. The molecule has 0 atom stereocenters. The van der Waals surface area contributed by atoms with Crippen molar-refractivity contribution in [1.82, 2.24) is 4.98 Å². The first-order chi connectivity index (χ1) is 13.3. The first-order valence-corrected chi connectivity index (χ1v) is 9.01. The van der Waals surface area contributed by atoms with Gasteiger partial charge in [0.2, 0.25) is 5.91 Å². The second-order valence-electron chi connectivity index (χ2n) is 6.05. The standard InChI is InChI=1S/C22H23N3O2/c26-22(14-16-27-20-9-5-2-6-10-20)25-21-12-11-19(17-24-21)23-15-13-18-7-3-1-4-8-18/h1-12,17,23H,13-16H2,(H,24,25,26). The van der Waals surface area contributed by atoms with Gasteiger partial charge in [0, 0.05) is 6.54 Å². The summed E-state index contributed by atoms with van der Waals surface area (Å²) in [6, 6.07) is 23.5. The third-order valence-electron chi connectivity index (χ3n) is 3.96. The van der Waals surface area contributed by atoms with Crippen LogP contribution in [0.25, 0.3) is 0 Å². The molecule has 1 heterocycles. The molecular formula is C22H23N3O2. The molecule has 0 spiro atoms. The predicted molar refractivity (Wildman–Crippen MR) is 108 cm³/mol. The topological polar surface area (TPSA) is 63.2 Å². The van der Waals surface area contributed by atoms with E-state index in [0.717, 1.165) is 24.4 Å². The zero-order chi connectivity index (χ0) is 18.7. The second kappa shape index (κ2) is 9.97. The average Bonchev–Trinajstić information content (AvgIpc) is 2.71. The molecule has 0 bridgehead atoms. The van der Waals surface area contributed by atoms with Crippen molar-refractivity contribution in [3.05, 3.63) is 84.6 Å². The lowest BCUT2D eigenvalue weighted by Gasteiger charge is -2.09. The summed E-state index contributed by atoms with van der Waals surface area (Å²) in [6.07, 6.45) is 2.94. The zero-order valence-electron chi connectivity index (χ0n) is 15.1. The van der Waals surface area contributed by atoms with Crippen molar-refractivity contribution in [2.75, 3.05) is 23.8 Å². The van der Waals surface area contributed by atoms with Crippen LogP contribution in [0.2, 0.25) is 0 Å². The van der Waals surface area contributed by atoms with Gasteiger partial charge < -0.3 is 15.4 Å². The number of ether oxygens (including phenoxy) is 1. The number of pyridine rings is 1. The number of amides is 1. The van der Waals surface area contributed by atoms with Gasteiger partial charge in [-0.2, -0.15) is 0 Å². The molecule has 3 rings (SSSR count). The Labute approximate surface area is 159 Å². The van der Waals surface area contributed by atoms with Crippen molar-refractivity contribution in [2.24, 2.45) is 0 Å². The summed E-state index contributed by atoms with van der Waals surface area (Å²) < 4.78 is 5.52. The van der Waals surface area contributed by atoms with Crippen molar-refractivity contribution in [1.29, 1.82) is 0 Å². The van der Waals surface area contributed by atoms with Gasteiger partial charge in [0.1, 0.15) is 11.6 Å². The van der Waals surface area contributed by atoms with E-state index >= 15 is 0 Å². The second-order valence-corrected chi connectivity index (χ2v) is 6.05. The fourth-order valence-electron chi connectivity index (χ4n) is 2.55. The van der Waals surface area contributed by atoms with E-state index in [2.05, 4.69) is 27.8 Å². The predicted octanol–water partition coefficient (Wildman–Crippen LogP) is 4.14. The Balaban J connectivity index is 1.37. The number of rotatable bonds is 9. The van der Waals surface area contributed by atoms with Crippen LogP contribution in [-0.4, -0.2) is 24.0 Å². The summed E-state index contributed by atoms with van der Waals surface area (Å²) in [5, 5.41) is 6.11. The van der Waals surface area contributed by atoms with Gasteiger partial charge in [-0.1, -0.05) is 48.5 Å². The van der Waals surface area contributed by atoms with Crippen molar-refractivity contribution >= 4 is 17.4 Å². The molecule has 0 aliphatic carbocycles. The highest BCUT2D eigenvalue weighted by Crippen LogP contribution is 2.11. The van der Waals surface area contributed by atoms with Crippen molar-refractivity contribution in [2.45, 2.75) is 12.8 Å². The molecule has 2 aromatic carbocycles. The Morgan fingerprint density at radius 3 is 2.37 bits per heavy atom. The van der Waals surface area contributed by atoms with Crippen LogP contribution in [0.5, 0.6) is 5.75 Å². The van der Waals surface area contributed by atoms with Crippen LogP contribution in [0.4, 0.5) is 11.5 Å². The number of aromatic nitrogens is 1. The van der Waals surface area contributed by atoms with Crippen LogP contribution >= 0.6 is 0 Å². The molecule has 0 saturated carbocycles. The molecule has 5 heteroatoms. The Morgan fingerprint density at radius 1 is 0.926 bits per heavy atom. The van der Waals surface area contributed by atoms with E-state index in [1.807, 2.05) is 54.6 Å². The minimum atomic E-state index is -0.122. The van der Waals surface area contributed by atoms with Crippen LogP contribution < -0.4 is 15.4 Å². The molecule has 1 amide bonds. The number of carbonyl (C=O) groups excluding carboxylic acids is 1. The van der Waals surface area contributed by atoms with Crippen LogP contribution in [0.3, 0.4) is 0 Å². The lowest BCUT2D eigenvalue weighted by molar-refractivity contribution is -0.116. The summed E-state index contributed by atoms with van der Waals surface area (Å²) >= 11 is 0. The van der Waals surface area contributed by atoms with Gasteiger partial charge in [0.05, 0.1) is 24.9 Å². The third-order valence-corrected chi connectivity index (χ3v) is 3.96. The zero-order valence-corrected chi connectivity index (χ0v) is 15.1. The van der Waals surface area contributed by atoms with E-state index in [1.165, 1.54) is 5.56 Å². The summed E-state index contributed by atoms with van der Waals surface area (Å²) in [4.78, 5) is 16.2. The normalized spacial score (nSPS) is 10.2. The van der Waals surface area contributed by atoms with Gasteiger partial charge in [-0.3, -0.25) is 4.79 Å². The van der Waals surface area contributed by atoms with Gasteiger partial charge >= 0.3 is 0 Å². The van der Waals surface area contributed by atoms with Gasteiger partial charge in [-0.05, 0) is 36.2 Å². The van der Waals surface area contributed by atoms with Crippen LogP contribution in [-0.2, 0) is 11.2 Å². The molecule has 0 fully saturated rings. The molecule has 27 heavy (non-hydrogen) atoms. The first-order valence-electron chi connectivity index (χ1n) is 9.01. The van der Waals surface area contributed by atoms with E-state index < -0.39 is 0 Å². The number of para-hydroxylation sites is 1. The first kappa shape index (κ1) is 18.5. The summed E-state index contributed by atoms with van der Waals surface area (Å²) in [7, 11) is 0. The van der Waals surface area contributed by atoms with Gasteiger partial charge in [-0.15, -0.1) is 0 Å². The molecule has 0 aliphatic rings. The summed E-state index contributed by atoms with van der Waals surface area (Å²) in [5.41, 5.74) is 2.22. The Bertz CT molecular complexity index is 821. The van der Waals surface area contributed by atoms with Crippen LogP contribution in [0, 0.1) is 0 Å². The highest BCUT2D eigenvalue weighted by molar-refractivity contribution is 5.89. The van der Waals surface area contributed by atoms with E-state index in [0.29, 0.717) is 12.4 Å². The molecule has 0 unspecified atom stereocenters. The van der Waals surface area contributed by atoms with Crippen molar-refractivity contribution in [3.8, 4) is 5.75 Å². The highest BCUT2D eigenvalue weighted by atomic mass is 16.5. The van der Waals surface area contributed by atoms with Gasteiger partial charge in [-0.25, -0.2) is 4.98 Å². The maximum Gasteiger partial charge on any atom is 0.228 e. The number of anilines is 2. The van der Waals surface area contributed by atoms with Crippen molar-refractivity contribution < 1.29 is 9.53 Å². The molecule has 0 aliphatic heterocycles. The maximum atomic E-state index is 12.0. The van der Waals surface area contributed by atoms with E-state index in [-0.39, 0.29) is 12.3 Å². The van der Waals surface area contributed by atoms with Gasteiger partial charge in [0.15, 0.2) is 0 Å². The molecule has 0 saturated heterocycles. The lowest BCUT2D eigenvalue weighted by Crippen LogP contribution is -2.16. The summed E-state index contributed by atoms with van der Waals surface area (Å²) in [5.74, 6) is 1.17. The van der Waals surface area contributed by atoms with E-state index in [9.17, 15) is 4.79 Å².